The molecule has 1 heterocycles. The summed E-state index contributed by atoms with van der Waals surface area (Å²) in [4.78, 5) is 26.4. The molecule has 0 aliphatic carbocycles. The van der Waals surface area contributed by atoms with Crippen LogP contribution in [0.2, 0.25) is 5.02 Å². The summed E-state index contributed by atoms with van der Waals surface area (Å²) in [5.74, 6) is 0.151. The standard InChI is InChI=1S/C21H22ClNO3/c22-18-9-4-8-17(14-18)20-15-23(12-13-26-20)21(25)11-5-10-19(24)16-6-2-1-3-7-16/h1-4,6-9,14,20H,5,10-13,15H2. The second kappa shape index (κ2) is 8.97. The van der Waals surface area contributed by atoms with Crippen LogP contribution in [0.15, 0.2) is 54.6 Å². The zero-order valence-electron chi connectivity index (χ0n) is 14.6. The van der Waals surface area contributed by atoms with Crippen molar-refractivity contribution in [2.75, 3.05) is 19.7 Å². The van der Waals surface area contributed by atoms with E-state index in [2.05, 4.69) is 0 Å². The van der Waals surface area contributed by atoms with E-state index in [-0.39, 0.29) is 17.8 Å². The molecule has 1 unspecified atom stereocenters. The highest BCUT2D eigenvalue weighted by Gasteiger charge is 2.25. The molecule has 1 saturated heterocycles. The average molecular weight is 372 g/mol. The molecule has 1 amide bonds. The van der Waals surface area contributed by atoms with Crippen LogP contribution in [-0.4, -0.2) is 36.3 Å². The summed E-state index contributed by atoms with van der Waals surface area (Å²) in [5.41, 5.74) is 1.68. The Labute approximate surface area is 158 Å². The maximum Gasteiger partial charge on any atom is 0.222 e. The SMILES string of the molecule is O=C(CCCC(=O)N1CCOC(c2cccc(Cl)c2)C1)c1ccccc1. The quantitative estimate of drug-likeness (QED) is 0.711. The van der Waals surface area contributed by atoms with E-state index < -0.39 is 0 Å². The van der Waals surface area contributed by atoms with Gasteiger partial charge in [-0.25, -0.2) is 0 Å². The van der Waals surface area contributed by atoms with Gasteiger partial charge in [0.15, 0.2) is 5.78 Å². The molecule has 0 radical (unpaired) electrons. The van der Waals surface area contributed by atoms with Crippen molar-refractivity contribution in [3.05, 3.63) is 70.7 Å². The zero-order valence-corrected chi connectivity index (χ0v) is 15.3. The van der Waals surface area contributed by atoms with Crippen LogP contribution in [0.25, 0.3) is 0 Å². The lowest BCUT2D eigenvalue weighted by Crippen LogP contribution is -2.42. The number of halogens is 1. The first-order chi connectivity index (χ1) is 12.6. The third-order valence-electron chi connectivity index (χ3n) is 4.53. The summed E-state index contributed by atoms with van der Waals surface area (Å²) in [6, 6.07) is 16.7. The number of ether oxygens (including phenoxy) is 1. The number of morpholine rings is 1. The minimum atomic E-state index is -0.155. The number of carbonyl (C=O) groups excluding carboxylic acids is 2. The van der Waals surface area contributed by atoms with Crippen LogP contribution in [0, 0.1) is 0 Å². The number of amides is 1. The predicted octanol–water partition coefficient (Wildman–Crippen LogP) is 4.29. The molecule has 1 fully saturated rings. The molecule has 0 bridgehead atoms. The van der Waals surface area contributed by atoms with E-state index in [0.29, 0.717) is 49.5 Å². The normalized spacial score (nSPS) is 17.1. The third-order valence-corrected chi connectivity index (χ3v) is 4.76. The Bertz CT molecular complexity index is 763. The van der Waals surface area contributed by atoms with Gasteiger partial charge in [0.05, 0.1) is 13.2 Å². The van der Waals surface area contributed by atoms with Crippen molar-refractivity contribution in [1.82, 2.24) is 4.90 Å². The molecule has 4 nitrogen and oxygen atoms in total. The number of ketones is 1. The number of benzene rings is 2. The van der Waals surface area contributed by atoms with Gasteiger partial charge in [0, 0.05) is 30.0 Å². The lowest BCUT2D eigenvalue weighted by atomic mass is 10.0. The minimum Gasteiger partial charge on any atom is -0.370 e. The fourth-order valence-corrected chi connectivity index (χ4v) is 3.31. The van der Waals surface area contributed by atoms with Crippen molar-refractivity contribution in [3.63, 3.8) is 0 Å². The Kier molecular flexibility index (Phi) is 6.42. The number of rotatable bonds is 6. The van der Waals surface area contributed by atoms with Gasteiger partial charge in [-0.1, -0.05) is 54.1 Å². The van der Waals surface area contributed by atoms with Crippen molar-refractivity contribution >= 4 is 23.3 Å². The van der Waals surface area contributed by atoms with E-state index >= 15 is 0 Å². The fourth-order valence-electron chi connectivity index (χ4n) is 3.11. The molecule has 0 N–H and O–H groups in total. The number of nitrogens with zero attached hydrogens (tertiary/aromatic N) is 1. The summed E-state index contributed by atoms with van der Waals surface area (Å²) in [7, 11) is 0. The highest BCUT2D eigenvalue weighted by Crippen LogP contribution is 2.25. The van der Waals surface area contributed by atoms with Gasteiger partial charge in [-0.3, -0.25) is 9.59 Å². The van der Waals surface area contributed by atoms with Crippen molar-refractivity contribution in [2.45, 2.75) is 25.4 Å². The van der Waals surface area contributed by atoms with Crippen molar-refractivity contribution in [2.24, 2.45) is 0 Å². The van der Waals surface area contributed by atoms with Crippen LogP contribution in [-0.2, 0) is 9.53 Å². The molecular formula is C21H22ClNO3. The first-order valence-corrected chi connectivity index (χ1v) is 9.24. The first-order valence-electron chi connectivity index (χ1n) is 8.86. The number of hydrogen-bond donors (Lipinski definition) is 0. The lowest BCUT2D eigenvalue weighted by Gasteiger charge is -2.33. The van der Waals surface area contributed by atoms with Crippen LogP contribution in [0.4, 0.5) is 0 Å². The molecule has 1 aliphatic heterocycles. The van der Waals surface area contributed by atoms with Crippen molar-refractivity contribution in [1.29, 1.82) is 0 Å². The van der Waals surface area contributed by atoms with E-state index in [4.69, 9.17) is 16.3 Å². The Balaban J connectivity index is 1.49. The fraction of sp³-hybridized carbons (Fsp3) is 0.333. The molecule has 1 atom stereocenters. The number of Topliss-reactive ketones (excluding diaryl/α,β-unsaturated/α-hetero) is 1. The van der Waals surface area contributed by atoms with Gasteiger partial charge in [-0.2, -0.15) is 0 Å². The van der Waals surface area contributed by atoms with Gasteiger partial charge in [-0.15, -0.1) is 0 Å². The van der Waals surface area contributed by atoms with Crippen molar-refractivity contribution < 1.29 is 14.3 Å². The molecule has 0 spiro atoms. The summed E-state index contributed by atoms with van der Waals surface area (Å²) in [6.07, 6.45) is 1.17. The summed E-state index contributed by atoms with van der Waals surface area (Å²) in [6.45, 7) is 1.61. The van der Waals surface area contributed by atoms with E-state index in [0.717, 1.165) is 5.56 Å². The van der Waals surface area contributed by atoms with Crippen LogP contribution in [0.1, 0.15) is 41.3 Å². The van der Waals surface area contributed by atoms with Crippen LogP contribution >= 0.6 is 11.6 Å². The average Bonchev–Trinajstić information content (AvgIpc) is 2.68. The Morgan fingerprint density at radius 2 is 1.88 bits per heavy atom. The molecule has 1 aliphatic rings. The molecule has 136 valence electrons. The van der Waals surface area contributed by atoms with Crippen LogP contribution < -0.4 is 0 Å². The third kappa shape index (κ3) is 4.93. The number of hydrogen-bond acceptors (Lipinski definition) is 3. The van der Waals surface area contributed by atoms with Gasteiger partial charge in [0.2, 0.25) is 5.91 Å². The minimum absolute atomic E-state index is 0.0705. The Hall–Kier alpha value is -2.17. The van der Waals surface area contributed by atoms with E-state index in [1.54, 1.807) is 0 Å². The molecule has 3 rings (SSSR count). The van der Waals surface area contributed by atoms with Gasteiger partial charge >= 0.3 is 0 Å². The highest BCUT2D eigenvalue weighted by atomic mass is 35.5. The topological polar surface area (TPSA) is 46.6 Å². The second-order valence-electron chi connectivity index (χ2n) is 6.40. The summed E-state index contributed by atoms with van der Waals surface area (Å²) < 4.78 is 5.79. The predicted molar refractivity (Wildman–Crippen MR) is 101 cm³/mol. The first kappa shape index (κ1) is 18.6. The lowest BCUT2D eigenvalue weighted by molar-refractivity contribution is -0.139. The van der Waals surface area contributed by atoms with Gasteiger partial charge in [0.1, 0.15) is 6.10 Å². The van der Waals surface area contributed by atoms with Gasteiger partial charge < -0.3 is 9.64 Å². The molecule has 26 heavy (non-hydrogen) atoms. The Morgan fingerprint density at radius 1 is 1.08 bits per heavy atom. The molecule has 5 heteroatoms. The van der Waals surface area contributed by atoms with Gasteiger partial charge in [-0.05, 0) is 24.1 Å². The number of carbonyl (C=O) groups is 2. The monoisotopic (exact) mass is 371 g/mol. The largest absolute Gasteiger partial charge is 0.370 e. The molecular weight excluding hydrogens is 350 g/mol. The second-order valence-corrected chi connectivity index (χ2v) is 6.83. The smallest absolute Gasteiger partial charge is 0.222 e. The molecule has 2 aromatic rings. The summed E-state index contributed by atoms with van der Waals surface area (Å²) in [5, 5.41) is 0.661. The van der Waals surface area contributed by atoms with E-state index in [9.17, 15) is 9.59 Å². The molecule has 0 aromatic heterocycles. The van der Waals surface area contributed by atoms with Crippen LogP contribution in [0.5, 0.6) is 0 Å². The summed E-state index contributed by atoms with van der Waals surface area (Å²) >= 11 is 6.04. The van der Waals surface area contributed by atoms with Gasteiger partial charge in [0.25, 0.3) is 0 Å². The Morgan fingerprint density at radius 3 is 2.65 bits per heavy atom. The maximum atomic E-state index is 12.5. The molecule has 0 saturated carbocycles. The zero-order chi connectivity index (χ0) is 18.4. The van der Waals surface area contributed by atoms with Crippen molar-refractivity contribution in [3.8, 4) is 0 Å². The maximum absolute atomic E-state index is 12.5. The van der Waals surface area contributed by atoms with E-state index in [1.165, 1.54) is 0 Å². The van der Waals surface area contributed by atoms with Crippen LogP contribution in [0.3, 0.4) is 0 Å². The highest BCUT2D eigenvalue weighted by molar-refractivity contribution is 6.30. The van der Waals surface area contributed by atoms with E-state index in [1.807, 2.05) is 59.5 Å². The molecule has 2 aromatic carbocycles.